The minimum Gasteiger partial charge on any atom is -0.488 e. The molecule has 2 aromatic heterocycles. The molecule has 4 heterocycles. The Morgan fingerprint density at radius 1 is 1.06 bits per heavy atom. The van der Waals surface area contributed by atoms with Gasteiger partial charge in [0.15, 0.2) is 0 Å². The summed E-state index contributed by atoms with van der Waals surface area (Å²) in [5, 5.41) is 10.6. The number of benzene rings is 1. The topological polar surface area (TPSA) is 97.1 Å². The number of fused-ring (bicyclic) bond motifs is 1. The smallest absolute Gasteiger partial charge is 0.265 e. The molecule has 34 heavy (non-hydrogen) atoms. The number of aromatic nitrogens is 1. The maximum atomic E-state index is 12.4. The summed E-state index contributed by atoms with van der Waals surface area (Å²) in [6.07, 6.45) is 6.89. The lowest BCUT2D eigenvalue weighted by molar-refractivity contribution is 0.0733. The number of piperidine rings is 2. The van der Waals surface area contributed by atoms with Gasteiger partial charge in [-0.2, -0.15) is 0 Å². The van der Waals surface area contributed by atoms with Crippen LogP contribution in [0, 0.1) is 0 Å². The highest BCUT2D eigenvalue weighted by Crippen LogP contribution is 2.35. The zero-order valence-electron chi connectivity index (χ0n) is 19.6. The summed E-state index contributed by atoms with van der Waals surface area (Å²) in [5.74, 6) is 0.329. The van der Waals surface area contributed by atoms with Crippen molar-refractivity contribution < 1.29 is 19.1 Å². The van der Waals surface area contributed by atoms with Crippen molar-refractivity contribution in [1.29, 1.82) is 0 Å². The molecule has 1 amide bonds. The molecule has 182 valence electrons. The number of hydrogen-bond donors (Lipinski definition) is 2. The van der Waals surface area contributed by atoms with Crippen molar-refractivity contribution >= 4 is 16.8 Å². The molecule has 0 radical (unpaired) electrons. The van der Waals surface area contributed by atoms with Crippen molar-refractivity contribution in [3.8, 4) is 5.75 Å². The summed E-state index contributed by atoms with van der Waals surface area (Å²) < 4.78 is 13.3. The minimum atomic E-state index is -0.410. The molecule has 0 bridgehead atoms. The molecule has 2 fully saturated rings. The lowest BCUT2D eigenvalue weighted by Crippen LogP contribution is -2.43. The van der Waals surface area contributed by atoms with E-state index in [1.807, 2.05) is 30.3 Å². The van der Waals surface area contributed by atoms with Crippen LogP contribution in [0.4, 0.5) is 0 Å². The monoisotopic (exact) mass is 466 g/mol. The van der Waals surface area contributed by atoms with Crippen LogP contribution < -0.4 is 10.5 Å². The van der Waals surface area contributed by atoms with Crippen LogP contribution in [0.15, 0.2) is 47.3 Å². The molecule has 8 nitrogen and oxygen atoms in total. The van der Waals surface area contributed by atoms with Gasteiger partial charge in [0.1, 0.15) is 18.1 Å². The molecular weight excluding hydrogens is 432 g/mol. The number of hydrogen-bond acceptors (Lipinski definition) is 6. The lowest BCUT2D eigenvalue weighted by atomic mass is 10.0. The first-order valence-electron chi connectivity index (χ1n) is 12.3. The number of ether oxygens (including phenoxy) is 1. The summed E-state index contributed by atoms with van der Waals surface area (Å²) in [5.41, 5.74) is 8.30. The number of carbonyl (C=O) groups is 1. The van der Waals surface area contributed by atoms with Gasteiger partial charge in [-0.3, -0.25) is 4.79 Å². The molecule has 2 aliphatic heterocycles. The van der Waals surface area contributed by atoms with Crippen LogP contribution in [0.3, 0.4) is 0 Å². The van der Waals surface area contributed by atoms with E-state index in [0.29, 0.717) is 12.3 Å². The largest absolute Gasteiger partial charge is 0.488 e. The third-order valence-electron chi connectivity index (χ3n) is 7.28. The molecule has 2 aliphatic rings. The van der Waals surface area contributed by atoms with Crippen LogP contribution in [0.1, 0.15) is 47.8 Å². The second-order valence-electron chi connectivity index (χ2n) is 9.52. The van der Waals surface area contributed by atoms with Crippen LogP contribution in [0.5, 0.6) is 5.75 Å². The molecule has 0 saturated carbocycles. The molecule has 3 N–H and O–H groups in total. The third kappa shape index (κ3) is 4.99. The second kappa shape index (κ2) is 10.2. The second-order valence-corrected chi connectivity index (χ2v) is 9.52. The Kier molecular flexibility index (Phi) is 6.89. The average Bonchev–Trinajstić information content (AvgIpc) is 3.51. The van der Waals surface area contributed by atoms with Crippen molar-refractivity contribution in [3.63, 3.8) is 0 Å². The van der Waals surface area contributed by atoms with Gasteiger partial charge in [-0.15, -0.1) is 0 Å². The average molecular weight is 467 g/mol. The van der Waals surface area contributed by atoms with Crippen molar-refractivity contribution in [3.05, 3.63) is 54.1 Å². The Morgan fingerprint density at radius 3 is 2.41 bits per heavy atom. The first-order chi connectivity index (χ1) is 16.6. The van der Waals surface area contributed by atoms with E-state index in [1.165, 1.54) is 0 Å². The SMILES string of the molecule is NC(=O)c1cc2c(OCc3ccoc3)cccc2n1C1CCN(CCN2CCC(O)CC2)CC1. The fraction of sp³-hybridized carbons (Fsp3) is 0.500. The van der Waals surface area contributed by atoms with Crippen LogP contribution in [0.25, 0.3) is 10.9 Å². The number of likely N-dealkylation sites (tertiary alicyclic amines) is 2. The molecule has 0 spiro atoms. The Balaban J connectivity index is 1.27. The summed E-state index contributed by atoms with van der Waals surface area (Å²) in [7, 11) is 0. The van der Waals surface area contributed by atoms with Crippen molar-refractivity contribution in [1.82, 2.24) is 14.4 Å². The molecule has 0 unspecified atom stereocenters. The van der Waals surface area contributed by atoms with Gasteiger partial charge in [0.2, 0.25) is 0 Å². The predicted octanol–water partition coefficient (Wildman–Crippen LogP) is 3.01. The van der Waals surface area contributed by atoms with E-state index in [-0.39, 0.29) is 12.1 Å². The van der Waals surface area contributed by atoms with Gasteiger partial charge in [0.05, 0.1) is 24.1 Å². The molecule has 5 rings (SSSR count). The normalized spacial score (nSPS) is 19.1. The number of aliphatic hydroxyl groups is 1. The standard InChI is InChI=1S/C26H34N4O4/c27-26(32)24-16-22-23(2-1-3-25(22)34-18-19-8-15-33-17-19)30(24)20-4-9-28(10-5-20)13-14-29-11-6-21(31)7-12-29/h1-3,8,15-17,20-21,31H,4-7,9-14,18H2,(H2,27,32). The highest BCUT2D eigenvalue weighted by atomic mass is 16.5. The van der Waals surface area contributed by atoms with Gasteiger partial charge in [-0.05, 0) is 49.9 Å². The van der Waals surface area contributed by atoms with Gasteiger partial charge in [-0.1, -0.05) is 6.07 Å². The first-order valence-corrected chi connectivity index (χ1v) is 12.3. The number of primary amides is 1. The van der Waals surface area contributed by atoms with E-state index < -0.39 is 5.91 Å². The van der Waals surface area contributed by atoms with E-state index >= 15 is 0 Å². The van der Waals surface area contributed by atoms with Gasteiger partial charge in [0.25, 0.3) is 5.91 Å². The number of carbonyl (C=O) groups excluding carboxylic acids is 1. The fourth-order valence-corrected chi connectivity index (χ4v) is 5.30. The quantitative estimate of drug-likeness (QED) is 0.530. The summed E-state index contributed by atoms with van der Waals surface area (Å²) in [4.78, 5) is 17.3. The van der Waals surface area contributed by atoms with Gasteiger partial charge in [0, 0.05) is 56.3 Å². The van der Waals surface area contributed by atoms with Crippen LogP contribution in [-0.4, -0.2) is 70.8 Å². The van der Waals surface area contributed by atoms with Crippen LogP contribution in [-0.2, 0) is 6.61 Å². The maximum Gasteiger partial charge on any atom is 0.265 e. The van der Waals surface area contributed by atoms with Crippen LogP contribution >= 0.6 is 0 Å². The molecule has 3 aromatic rings. The number of furan rings is 1. The Labute approximate surface area is 199 Å². The molecule has 0 atom stereocenters. The Hall–Kier alpha value is -2.81. The zero-order chi connectivity index (χ0) is 23.5. The summed E-state index contributed by atoms with van der Waals surface area (Å²) >= 11 is 0. The summed E-state index contributed by atoms with van der Waals surface area (Å²) in [6.45, 7) is 6.46. The predicted molar refractivity (Wildman–Crippen MR) is 130 cm³/mol. The van der Waals surface area contributed by atoms with Gasteiger partial charge < -0.3 is 34.4 Å². The van der Waals surface area contributed by atoms with E-state index in [1.54, 1.807) is 12.5 Å². The molecule has 2 saturated heterocycles. The third-order valence-corrected chi connectivity index (χ3v) is 7.28. The first kappa shape index (κ1) is 23.0. The highest BCUT2D eigenvalue weighted by Gasteiger charge is 2.27. The molecule has 1 aromatic carbocycles. The van der Waals surface area contributed by atoms with Gasteiger partial charge >= 0.3 is 0 Å². The number of nitrogens with zero attached hydrogens (tertiary/aromatic N) is 3. The van der Waals surface area contributed by atoms with E-state index in [2.05, 4.69) is 14.4 Å². The highest BCUT2D eigenvalue weighted by molar-refractivity contribution is 5.99. The number of nitrogens with two attached hydrogens (primary N) is 1. The molecule has 0 aliphatic carbocycles. The van der Waals surface area contributed by atoms with E-state index in [9.17, 15) is 9.90 Å². The number of rotatable bonds is 8. The summed E-state index contributed by atoms with van der Waals surface area (Å²) in [6, 6.07) is 9.93. The van der Waals surface area contributed by atoms with Crippen molar-refractivity contribution in [2.45, 2.75) is 44.4 Å². The Bertz CT molecular complexity index is 1090. The maximum absolute atomic E-state index is 12.4. The van der Waals surface area contributed by atoms with Gasteiger partial charge in [-0.25, -0.2) is 0 Å². The Morgan fingerprint density at radius 2 is 1.76 bits per heavy atom. The van der Waals surface area contributed by atoms with Crippen LogP contribution in [0.2, 0.25) is 0 Å². The van der Waals surface area contributed by atoms with E-state index in [0.717, 1.165) is 87.2 Å². The lowest BCUT2D eigenvalue weighted by Gasteiger charge is -2.36. The zero-order valence-corrected chi connectivity index (χ0v) is 19.6. The fourth-order valence-electron chi connectivity index (χ4n) is 5.30. The number of aliphatic hydroxyl groups excluding tert-OH is 1. The van der Waals surface area contributed by atoms with E-state index in [4.69, 9.17) is 14.9 Å². The molecular formula is C26H34N4O4. The van der Waals surface area contributed by atoms with Crippen molar-refractivity contribution in [2.24, 2.45) is 5.73 Å². The number of amides is 1. The minimum absolute atomic E-state index is 0.126. The molecule has 8 heteroatoms. The van der Waals surface area contributed by atoms with Crippen molar-refractivity contribution in [2.75, 3.05) is 39.3 Å².